The van der Waals surface area contributed by atoms with E-state index < -0.39 is 0 Å². The van der Waals surface area contributed by atoms with E-state index in [-0.39, 0.29) is 18.4 Å². The van der Waals surface area contributed by atoms with Crippen LogP contribution in [-0.4, -0.2) is 41.3 Å². The Labute approximate surface area is 109 Å². The topological polar surface area (TPSA) is 91.2 Å². The van der Waals surface area contributed by atoms with E-state index in [1.807, 2.05) is 6.07 Å². The molecule has 4 N–H and O–H groups in total. The van der Waals surface area contributed by atoms with E-state index in [4.69, 9.17) is 5.73 Å². The standard InChI is InChI=1S/C13H14N4O2/c14-8-1-2-9-10(6-16-11(9)5-8)13(19)17-4-3-15-12(18)7-17/h1-2,5-6,16H,3-4,7,14H2,(H,15,18). The lowest BCUT2D eigenvalue weighted by Crippen LogP contribution is -2.49. The van der Waals surface area contributed by atoms with Crippen LogP contribution in [0.1, 0.15) is 10.4 Å². The molecule has 1 fully saturated rings. The summed E-state index contributed by atoms with van der Waals surface area (Å²) in [5.74, 6) is -0.255. The van der Waals surface area contributed by atoms with Crippen LogP contribution >= 0.6 is 0 Å². The number of hydrogen-bond donors (Lipinski definition) is 3. The highest BCUT2D eigenvalue weighted by Gasteiger charge is 2.24. The zero-order valence-electron chi connectivity index (χ0n) is 10.3. The fourth-order valence-corrected chi connectivity index (χ4v) is 2.30. The number of nitrogen functional groups attached to an aromatic ring is 1. The van der Waals surface area contributed by atoms with Crippen LogP contribution in [0.5, 0.6) is 0 Å². The number of aromatic amines is 1. The molecule has 3 rings (SSSR count). The van der Waals surface area contributed by atoms with Gasteiger partial charge in [-0.3, -0.25) is 9.59 Å². The number of H-pyrrole nitrogens is 1. The minimum Gasteiger partial charge on any atom is -0.399 e. The summed E-state index contributed by atoms with van der Waals surface area (Å²) in [4.78, 5) is 28.3. The van der Waals surface area contributed by atoms with Crippen molar-refractivity contribution in [1.29, 1.82) is 0 Å². The van der Waals surface area contributed by atoms with Crippen LogP contribution in [-0.2, 0) is 4.79 Å². The number of nitrogens with one attached hydrogen (secondary N) is 2. The molecule has 2 aromatic rings. The van der Waals surface area contributed by atoms with E-state index in [2.05, 4.69) is 10.3 Å². The molecular formula is C13H14N4O2. The van der Waals surface area contributed by atoms with Crippen molar-refractivity contribution in [3.8, 4) is 0 Å². The van der Waals surface area contributed by atoms with Gasteiger partial charge in [-0.15, -0.1) is 0 Å². The lowest BCUT2D eigenvalue weighted by atomic mass is 10.1. The SMILES string of the molecule is Nc1ccc2c(C(=O)N3CCNC(=O)C3)c[nH]c2c1. The van der Waals surface area contributed by atoms with Gasteiger partial charge in [0.15, 0.2) is 0 Å². The Balaban J connectivity index is 1.95. The van der Waals surface area contributed by atoms with Crippen molar-refractivity contribution in [1.82, 2.24) is 15.2 Å². The van der Waals surface area contributed by atoms with Crippen molar-refractivity contribution in [2.45, 2.75) is 0 Å². The van der Waals surface area contributed by atoms with Crippen LogP contribution in [0.25, 0.3) is 10.9 Å². The molecule has 2 amide bonds. The van der Waals surface area contributed by atoms with Gasteiger partial charge < -0.3 is 20.9 Å². The average Bonchev–Trinajstić information content (AvgIpc) is 2.80. The number of nitrogens with two attached hydrogens (primary N) is 1. The summed E-state index contributed by atoms with van der Waals surface area (Å²) in [5, 5.41) is 3.52. The largest absolute Gasteiger partial charge is 0.399 e. The van der Waals surface area contributed by atoms with Crippen LogP contribution in [0, 0.1) is 0 Å². The lowest BCUT2D eigenvalue weighted by Gasteiger charge is -2.26. The number of benzene rings is 1. The fraction of sp³-hybridized carbons (Fsp3) is 0.231. The van der Waals surface area contributed by atoms with Crippen molar-refractivity contribution in [2.24, 2.45) is 0 Å². The Hall–Kier alpha value is -2.50. The van der Waals surface area contributed by atoms with E-state index in [9.17, 15) is 9.59 Å². The molecule has 6 heteroatoms. The quantitative estimate of drug-likeness (QED) is 0.643. The van der Waals surface area contributed by atoms with E-state index in [0.717, 1.165) is 10.9 Å². The van der Waals surface area contributed by atoms with Gasteiger partial charge in [-0.1, -0.05) is 0 Å². The predicted octanol–water partition coefficient (Wildman–Crippen LogP) is 0.322. The van der Waals surface area contributed by atoms with Gasteiger partial charge in [-0.05, 0) is 18.2 Å². The third kappa shape index (κ3) is 2.01. The van der Waals surface area contributed by atoms with Crippen molar-refractivity contribution < 1.29 is 9.59 Å². The highest BCUT2D eigenvalue weighted by molar-refractivity contribution is 6.08. The highest BCUT2D eigenvalue weighted by atomic mass is 16.2. The highest BCUT2D eigenvalue weighted by Crippen LogP contribution is 2.22. The summed E-state index contributed by atoms with van der Waals surface area (Å²) in [6, 6.07) is 5.36. The Morgan fingerprint density at radius 1 is 1.37 bits per heavy atom. The molecule has 0 saturated carbocycles. The van der Waals surface area contributed by atoms with Crippen LogP contribution in [0.2, 0.25) is 0 Å². The Morgan fingerprint density at radius 3 is 3.00 bits per heavy atom. The monoisotopic (exact) mass is 258 g/mol. The fourth-order valence-electron chi connectivity index (χ4n) is 2.30. The number of nitrogens with zero attached hydrogens (tertiary/aromatic N) is 1. The molecule has 6 nitrogen and oxygen atoms in total. The maximum absolute atomic E-state index is 12.4. The maximum atomic E-state index is 12.4. The van der Waals surface area contributed by atoms with E-state index in [1.54, 1.807) is 23.2 Å². The van der Waals surface area contributed by atoms with Gasteiger partial charge in [0.25, 0.3) is 5.91 Å². The molecule has 1 aromatic carbocycles. The summed E-state index contributed by atoms with van der Waals surface area (Å²) in [7, 11) is 0. The molecule has 0 spiro atoms. The number of fused-ring (bicyclic) bond motifs is 1. The molecule has 1 aliphatic rings. The van der Waals surface area contributed by atoms with Gasteiger partial charge in [-0.25, -0.2) is 0 Å². The smallest absolute Gasteiger partial charge is 0.256 e. The third-order valence-electron chi connectivity index (χ3n) is 3.26. The molecule has 1 aliphatic heterocycles. The number of rotatable bonds is 1. The molecule has 0 radical (unpaired) electrons. The van der Waals surface area contributed by atoms with Crippen LogP contribution in [0.4, 0.5) is 5.69 Å². The summed E-state index contributed by atoms with van der Waals surface area (Å²) in [6.45, 7) is 1.15. The van der Waals surface area contributed by atoms with Gasteiger partial charge in [0.2, 0.25) is 5.91 Å². The second-order valence-corrected chi connectivity index (χ2v) is 4.58. The van der Waals surface area contributed by atoms with Crippen LogP contribution < -0.4 is 11.1 Å². The second kappa shape index (κ2) is 4.31. The Morgan fingerprint density at radius 2 is 2.21 bits per heavy atom. The average molecular weight is 258 g/mol. The predicted molar refractivity (Wildman–Crippen MR) is 71.6 cm³/mol. The number of amides is 2. The molecule has 1 aromatic heterocycles. The second-order valence-electron chi connectivity index (χ2n) is 4.58. The van der Waals surface area contributed by atoms with E-state index in [1.165, 1.54) is 0 Å². The third-order valence-corrected chi connectivity index (χ3v) is 3.26. The maximum Gasteiger partial charge on any atom is 0.256 e. The van der Waals surface area contributed by atoms with Crippen molar-refractivity contribution in [3.63, 3.8) is 0 Å². The Bertz CT molecular complexity index is 662. The van der Waals surface area contributed by atoms with E-state index >= 15 is 0 Å². The number of piperazine rings is 1. The Kier molecular flexibility index (Phi) is 2.63. The first-order valence-electron chi connectivity index (χ1n) is 6.08. The molecule has 1 saturated heterocycles. The van der Waals surface area contributed by atoms with Gasteiger partial charge in [0, 0.05) is 35.9 Å². The normalized spacial score (nSPS) is 15.6. The van der Waals surface area contributed by atoms with Crippen molar-refractivity contribution >= 4 is 28.4 Å². The summed E-state index contributed by atoms with van der Waals surface area (Å²) in [6.07, 6.45) is 1.67. The summed E-state index contributed by atoms with van der Waals surface area (Å²) in [5.41, 5.74) is 7.74. The number of anilines is 1. The molecule has 98 valence electrons. The molecule has 19 heavy (non-hydrogen) atoms. The minimum atomic E-state index is -0.133. The number of hydrogen-bond acceptors (Lipinski definition) is 3. The molecular weight excluding hydrogens is 244 g/mol. The molecule has 0 atom stereocenters. The van der Waals surface area contributed by atoms with Crippen molar-refractivity contribution in [2.75, 3.05) is 25.4 Å². The molecule has 0 aliphatic carbocycles. The summed E-state index contributed by atoms with van der Waals surface area (Å²) >= 11 is 0. The van der Waals surface area contributed by atoms with Crippen molar-refractivity contribution in [3.05, 3.63) is 30.0 Å². The first kappa shape index (κ1) is 11.6. The number of carbonyl (C=O) groups is 2. The van der Waals surface area contributed by atoms with Gasteiger partial charge in [0.05, 0.1) is 12.1 Å². The van der Waals surface area contributed by atoms with Gasteiger partial charge >= 0.3 is 0 Å². The molecule has 0 bridgehead atoms. The minimum absolute atomic E-state index is 0.112. The number of carbonyl (C=O) groups excluding carboxylic acids is 2. The molecule has 0 unspecified atom stereocenters. The number of aromatic nitrogens is 1. The molecule has 2 heterocycles. The summed E-state index contributed by atoms with van der Waals surface area (Å²) < 4.78 is 0. The first-order chi connectivity index (χ1) is 9.15. The zero-order valence-corrected chi connectivity index (χ0v) is 10.3. The van der Waals surface area contributed by atoms with Gasteiger partial charge in [-0.2, -0.15) is 0 Å². The lowest BCUT2D eigenvalue weighted by molar-refractivity contribution is -0.123. The van der Waals surface area contributed by atoms with Crippen LogP contribution in [0.15, 0.2) is 24.4 Å². The zero-order chi connectivity index (χ0) is 13.4. The van der Waals surface area contributed by atoms with E-state index in [0.29, 0.717) is 24.3 Å². The van der Waals surface area contributed by atoms with Crippen LogP contribution in [0.3, 0.4) is 0 Å². The first-order valence-corrected chi connectivity index (χ1v) is 6.08. The van der Waals surface area contributed by atoms with Gasteiger partial charge in [0.1, 0.15) is 0 Å².